The predicted octanol–water partition coefficient (Wildman–Crippen LogP) is 1.81. The van der Waals surface area contributed by atoms with Gasteiger partial charge in [-0.15, -0.1) is 0 Å². The van der Waals surface area contributed by atoms with E-state index in [9.17, 15) is 4.79 Å². The Hall–Kier alpha value is -2.11. The van der Waals surface area contributed by atoms with Crippen LogP contribution < -0.4 is 5.32 Å². The number of imidazole rings is 1. The summed E-state index contributed by atoms with van der Waals surface area (Å²) in [4.78, 5) is 19.0. The molecule has 2 aromatic heterocycles. The number of anilines is 1. The second-order valence-electron chi connectivity index (χ2n) is 5.31. The van der Waals surface area contributed by atoms with Crippen molar-refractivity contribution in [2.75, 3.05) is 5.32 Å². The van der Waals surface area contributed by atoms with Gasteiger partial charge in [0.15, 0.2) is 5.82 Å². The van der Waals surface area contributed by atoms with Gasteiger partial charge < -0.3 is 10.3 Å². The lowest BCUT2D eigenvalue weighted by Crippen LogP contribution is -2.23. The van der Waals surface area contributed by atoms with Gasteiger partial charge in [-0.3, -0.25) is 9.48 Å². The van der Waals surface area contributed by atoms with Gasteiger partial charge in [0.2, 0.25) is 5.91 Å². The maximum Gasteiger partial charge on any atom is 0.226 e. The number of nitrogens with zero attached hydrogens (tertiary/aromatic N) is 3. The fourth-order valence-electron chi connectivity index (χ4n) is 2.81. The molecule has 3 heterocycles. The second kappa shape index (κ2) is 3.94. The van der Waals surface area contributed by atoms with Crippen molar-refractivity contribution in [3.8, 4) is 0 Å². The Bertz CT molecular complexity index is 611. The summed E-state index contributed by atoms with van der Waals surface area (Å²) in [5, 5.41) is 7.40. The number of hydrogen-bond donors (Lipinski definition) is 2. The maximum atomic E-state index is 11.8. The minimum absolute atomic E-state index is 0.0194. The second-order valence-corrected chi connectivity index (χ2v) is 5.31. The van der Waals surface area contributed by atoms with Gasteiger partial charge in [-0.2, -0.15) is 5.10 Å². The first-order valence-electron chi connectivity index (χ1n) is 6.68. The third-order valence-corrected chi connectivity index (χ3v) is 4.13. The van der Waals surface area contributed by atoms with E-state index in [4.69, 9.17) is 0 Å². The molecule has 1 saturated carbocycles. The molecular formula is C13H15N5O. The Balaban J connectivity index is 1.75. The summed E-state index contributed by atoms with van der Waals surface area (Å²) in [5.74, 6) is 0.772. The number of hydrogen-bond acceptors (Lipinski definition) is 3. The molecule has 0 saturated heterocycles. The zero-order chi connectivity index (χ0) is 12.8. The molecule has 1 aliphatic carbocycles. The van der Waals surface area contributed by atoms with Gasteiger partial charge in [-0.1, -0.05) is 0 Å². The summed E-state index contributed by atoms with van der Waals surface area (Å²) < 4.78 is 2.02. The van der Waals surface area contributed by atoms with E-state index in [-0.39, 0.29) is 11.8 Å². The SMILES string of the molecule is O=C1CC(c2cnc[nH]2)c2cn(C3CCC3)nc2N1. The highest BCUT2D eigenvalue weighted by molar-refractivity contribution is 5.94. The molecule has 19 heavy (non-hydrogen) atoms. The van der Waals surface area contributed by atoms with Crippen LogP contribution in [0.4, 0.5) is 5.82 Å². The molecule has 6 nitrogen and oxygen atoms in total. The van der Waals surface area contributed by atoms with Crippen molar-refractivity contribution in [2.24, 2.45) is 0 Å². The normalized spacial score (nSPS) is 22.7. The number of amides is 1. The van der Waals surface area contributed by atoms with Crippen LogP contribution in [0.5, 0.6) is 0 Å². The zero-order valence-electron chi connectivity index (χ0n) is 10.5. The number of rotatable bonds is 2. The van der Waals surface area contributed by atoms with Gasteiger partial charge in [0.25, 0.3) is 0 Å². The Morgan fingerprint density at radius 2 is 2.26 bits per heavy atom. The van der Waals surface area contributed by atoms with Crippen molar-refractivity contribution in [3.63, 3.8) is 0 Å². The molecule has 2 N–H and O–H groups in total. The molecule has 6 heteroatoms. The summed E-state index contributed by atoms with van der Waals surface area (Å²) in [6.07, 6.45) is 9.61. The van der Waals surface area contributed by atoms with Crippen LogP contribution in [-0.2, 0) is 4.79 Å². The van der Waals surface area contributed by atoms with Gasteiger partial charge in [-0.25, -0.2) is 4.98 Å². The van der Waals surface area contributed by atoms with Crippen LogP contribution in [0.3, 0.4) is 0 Å². The highest BCUT2D eigenvalue weighted by Crippen LogP contribution is 2.38. The maximum absolute atomic E-state index is 11.8. The molecule has 1 unspecified atom stereocenters. The smallest absolute Gasteiger partial charge is 0.226 e. The molecule has 1 amide bonds. The highest BCUT2D eigenvalue weighted by Gasteiger charge is 2.32. The Morgan fingerprint density at radius 1 is 1.37 bits per heavy atom. The van der Waals surface area contributed by atoms with E-state index in [0.717, 1.165) is 11.3 Å². The first kappa shape index (κ1) is 10.8. The average molecular weight is 257 g/mol. The Labute approximate surface area is 110 Å². The zero-order valence-corrected chi connectivity index (χ0v) is 10.5. The predicted molar refractivity (Wildman–Crippen MR) is 68.8 cm³/mol. The Morgan fingerprint density at radius 3 is 2.95 bits per heavy atom. The van der Waals surface area contributed by atoms with Crippen LogP contribution in [0, 0.1) is 0 Å². The van der Waals surface area contributed by atoms with E-state index >= 15 is 0 Å². The summed E-state index contributed by atoms with van der Waals surface area (Å²) in [7, 11) is 0. The lowest BCUT2D eigenvalue weighted by atomic mass is 9.91. The number of fused-ring (bicyclic) bond motifs is 1. The summed E-state index contributed by atoms with van der Waals surface area (Å²) >= 11 is 0. The van der Waals surface area contributed by atoms with Crippen LogP contribution in [0.2, 0.25) is 0 Å². The van der Waals surface area contributed by atoms with E-state index in [1.165, 1.54) is 19.3 Å². The van der Waals surface area contributed by atoms with Gasteiger partial charge in [0.1, 0.15) is 0 Å². The number of aromatic amines is 1. The topological polar surface area (TPSA) is 75.6 Å². The van der Waals surface area contributed by atoms with Crippen LogP contribution >= 0.6 is 0 Å². The van der Waals surface area contributed by atoms with Crippen LogP contribution in [0.15, 0.2) is 18.7 Å². The van der Waals surface area contributed by atoms with E-state index in [1.54, 1.807) is 12.5 Å². The molecule has 2 aliphatic rings. The fourth-order valence-corrected chi connectivity index (χ4v) is 2.81. The van der Waals surface area contributed by atoms with Gasteiger partial charge in [-0.05, 0) is 19.3 Å². The van der Waals surface area contributed by atoms with Crippen molar-refractivity contribution >= 4 is 11.7 Å². The van der Waals surface area contributed by atoms with E-state index in [1.807, 2.05) is 4.68 Å². The number of carbonyl (C=O) groups excluding carboxylic acids is 1. The molecule has 98 valence electrons. The minimum atomic E-state index is 0.0194. The standard InChI is InChI=1S/C13H15N5O/c19-12-4-9(11-5-14-7-15-11)10-6-18(8-2-1-3-8)17-13(10)16-12/h5-9H,1-4H2,(H,14,15)(H,16,17,19). The largest absolute Gasteiger partial charge is 0.348 e. The molecule has 0 bridgehead atoms. The molecule has 0 spiro atoms. The van der Waals surface area contributed by atoms with Crippen molar-refractivity contribution in [3.05, 3.63) is 30.0 Å². The van der Waals surface area contributed by atoms with E-state index < -0.39 is 0 Å². The minimum Gasteiger partial charge on any atom is -0.348 e. The van der Waals surface area contributed by atoms with Gasteiger partial charge >= 0.3 is 0 Å². The van der Waals surface area contributed by atoms with Crippen molar-refractivity contribution in [2.45, 2.75) is 37.6 Å². The summed E-state index contributed by atoms with van der Waals surface area (Å²) in [5.41, 5.74) is 2.07. The van der Waals surface area contributed by atoms with Crippen molar-refractivity contribution in [1.29, 1.82) is 0 Å². The molecule has 2 aromatic rings. The van der Waals surface area contributed by atoms with Crippen LogP contribution in [0.1, 0.15) is 48.9 Å². The van der Waals surface area contributed by atoms with E-state index in [2.05, 4.69) is 26.6 Å². The summed E-state index contributed by atoms with van der Waals surface area (Å²) in [6.45, 7) is 0. The third kappa shape index (κ3) is 1.67. The molecule has 0 radical (unpaired) electrons. The number of H-pyrrole nitrogens is 1. The first-order valence-corrected chi connectivity index (χ1v) is 6.68. The quantitative estimate of drug-likeness (QED) is 0.861. The third-order valence-electron chi connectivity index (χ3n) is 4.13. The fraction of sp³-hybridized carbons (Fsp3) is 0.462. The molecular weight excluding hydrogens is 242 g/mol. The molecule has 1 atom stereocenters. The molecule has 1 aliphatic heterocycles. The Kier molecular flexibility index (Phi) is 2.24. The monoisotopic (exact) mass is 257 g/mol. The van der Waals surface area contributed by atoms with Gasteiger partial charge in [0, 0.05) is 36.0 Å². The highest BCUT2D eigenvalue weighted by atomic mass is 16.1. The molecule has 4 rings (SSSR count). The average Bonchev–Trinajstić information content (AvgIpc) is 2.93. The number of aromatic nitrogens is 4. The number of carbonyl (C=O) groups is 1. The van der Waals surface area contributed by atoms with Crippen molar-refractivity contribution < 1.29 is 4.79 Å². The van der Waals surface area contributed by atoms with Crippen molar-refractivity contribution in [1.82, 2.24) is 19.7 Å². The lowest BCUT2D eigenvalue weighted by Gasteiger charge is -2.25. The van der Waals surface area contributed by atoms with E-state index in [0.29, 0.717) is 18.3 Å². The lowest BCUT2D eigenvalue weighted by molar-refractivity contribution is -0.116. The van der Waals surface area contributed by atoms with Crippen LogP contribution in [0.25, 0.3) is 0 Å². The molecule has 1 fully saturated rings. The number of nitrogens with one attached hydrogen (secondary N) is 2. The summed E-state index contributed by atoms with van der Waals surface area (Å²) in [6, 6.07) is 0.505. The van der Waals surface area contributed by atoms with Gasteiger partial charge in [0.05, 0.1) is 12.4 Å². The molecule has 0 aromatic carbocycles. The van der Waals surface area contributed by atoms with Crippen LogP contribution in [-0.4, -0.2) is 25.7 Å². The first-order chi connectivity index (χ1) is 9.31.